The van der Waals surface area contributed by atoms with Crippen LogP contribution in [0.3, 0.4) is 0 Å². The smallest absolute Gasteiger partial charge is 0.406 e. The molecule has 0 unspecified atom stereocenters. The Kier molecular flexibility index (Phi) is 6.34. The molecule has 26 heavy (non-hydrogen) atoms. The zero-order valence-corrected chi connectivity index (χ0v) is 15.4. The van der Waals surface area contributed by atoms with Crippen molar-refractivity contribution < 1.29 is 26.3 Å². The fraction of sp³-hybridized carbons (Fsp3) is 0.368. The molecule has 0 bridgehead atoms. The third-order valence-electron chi connectivity index (χ3n) is 3.97. The van der Waals surface area contributed by atoms with Crippen molar-refractivity contribution >= 4 is 9.84 Å². The number of hydrogen-bond donors (Lipinski definition) is 0. The third kappa shape index (κ3) is 6.37. The molecule has 3 nitrogen and oxygen atoms in total. The van der Waals surface area contributed by atoms with Crippen LogP contribution < -0.4 is 4.74 Å². The molecule has 0 radical (unpaired) electrons. The van der Waals surface area contributed by atoms with Crippen molar-refractivity contribution in [1.82, 2.24) is 0 Å². The minimum Gasteiger partial charge on any atom is -0.406 e. The Morgan fingerprint density at radius 3 is 1.69 bits per heavy atom. The molecule has 2 rings (SSSR count). The highest BCUT2D eigenvalue weighted by molar-refractivity contribution is 7.91. The van der Waals surface area contributed by atoms with Gasteiger partial charge in [-0.3, -0.25) is 0 Å². The zero-order valence-electron chi connectivity index (χ0n) is 14.6. The van der Waals surface area contributed by atoms with E-state index in [0.717, 1.165) is 16.7 Å². The van der Waals surface area contributed by atoms with Crippen molar-refractivity contribution in [2.75, 3.05) is 0 Å². The maximum absolute atomic E-state index is 12.1. The van der Waals surface area contributed by atoms with Crippen LogP contribution in [0, 0.1) is 0 Å². The van der Waals surface area contributed by atoms with Gasteiger partial charge in [-0.15, -0.1) is 13.2 Å². The molecule has 0 aliphatic rings. The Morgan fingerprint density at radius 2 is 1.27 bits per heavy atom. The maximum Gasteiger partial charge on any atom is 0.573 e. The summed E-state index contributed by atoms with van der Waals surface area (Å²) in [6, 6.07) is 13.2. The van der Waals surface area contributed by atoms with Crippen LogP contribution >= 0.6 is 0 Å². The van der Waals surface area contributed by atoms with Crippen LogP contribution in [0.15, 0.2) is 48.5 Å². The largest absolute Gasteiger partial charge is 0.573 e. The highest BCUT2D eigenvalue weighted by Gasteiger charge is 2.30. The summed E-state index contributed by atoms with van der Waals surface area (Å²) >= 11 is 0. The highest BCUT2D eigenvalue weighted by atomic mass is 32.2. The summed E-state index contributed by atoms with van der Waals surface area (Å²) in [5.41, 5.74) is 2.67. The molecule has 0 aromatic heterocycles. The number of sulfone groups is 1. The monoisotopic (exact) mass is 386 g/mol. The van der Waals surface area contributed by atoms with Crippen LogP contribution in [0.5, 0.6) is 5.75 Å². The lowest BCUT2D eigenvalue weighted by Crippen LogP contribution is -2.17. The minimum atomic E-state index is -4.69. The average molecular weight is 386 g/mol. The molecule has 2 aromatic rings. The molecule has 0 saturated carbocycles. The number of hydrogen-bond acceptors (Lipinski definition) is 3. The number of alkyl halides is 3. The van der Waals surface area contributed by atoms with Gasteiger partial charge in [0, 0.05) is 0 Å². The Balaban J connectivity index is 1.92. The van der Waals surface area contributed by atoms with Gasteiger partial charge in [0.15, 0.2) is 9.84 Å². The first-order valence-electron chi connectivity index (χ1n) is 8.19. The van der Waals surface area contributed by atoms with E-state index < -0.39 is 21.4 Å². The van der Waals surface area contributed by atoms with E-state index in [-0.39, 0.29) is 11.5 Å². The van der Waals surface area contributed by atoms with Gasteiger partial charge in [-0.05, 0) is 55.5 Å². The second kappa shape index (κ2) is 8.12. The Hall–Kier alpha value is -2.02. The summed E-state index contributed by atoms with van der Waals surface area (Å²) in [5, 5.41) is -0.411. The van der Waals surface area contributed by atoms with Crippen molar-refractivity contribution in [3.8, 4) is 5.75 Å². The first kappa shape index (κ1) is 20.3. The van der Waals surface area contributed by atoms with Crippen LogP contribution in [-0.4, -0.2) is 20.0 Å². The first-order valence-corrected chi connectivity index (χ1v) is 9.91. The Morgan fingerprint density at radius 1 is 0.846 bits per heavy atom. The predicted molar refractivity (Wildman–Crippen MR) is 94.7 cm³/mol. The first-order chi connectivity index (χ1) is 12.0. The normalized spacial score (nSPS) is 12.4. The van der Waals surface area contributed by atoms with Crippen molar-refractivity contribution in [3.63, 3.8) is 0 Å². The van der Waals surface area contributed by atoms with Crippen molar-refractivity contribution in [2.45, 2.75) is 44.1 Å². The second-order valence-electron chi connectivity index (χ2n) is 6.36. The number of ether oxygens (including phenoxy) is 1. The number of halogens is 3. The lowest BCUT2D eigenvalue weighted by molar-refractivity contribution is -0.274. The average Bonchev–Trinajstić information content (AvgIpc) is 2.54. The summed E-state index contributed by atoms with van der Waals surface area (Å²) in [4.78, 5) is 0. The molecular weight excluding hydrogens is 365 g/mol. The lowest BCUT2D eigenvalue weighted by Gasteiger charge is -2.10. The van der Waals surface area contributed by atoms with E-state index in [0.29, 0.717) is 12.8 Å². The number of rotatable bonds is 7. The minimum absolute atomic E-state index is 0.0195. The van der Waals surface area contributed by atoms with E-state index in [1.165, 1.54) is 12.1 Å². The summed E-state index contributed by atoms with van der Waals surface area (Å²) in [7, 11) is -3.13. The van der Waals surface area contributed by atoms with Crippen molar-refractivity contribution in [1.29, 1.82) is 0 Å². The van der Waals surface area contributed by atoms with E-state index in [2.05, 4.69) is 4.74 Å². The molecule has 0 atom stereocenters. The summed E-state index contributed by atoms with van der Waals surface area (Å²) in [5.74, 6) is -0.219. The van der Waals surface area contributed by atoms with Gasteiger partial charge in [-0.25, -0.2) is 8.42 Å². The number of aryl methyl sites for hydroxylation is 2. The Bertz CT molecular complexity index is 809. The van der Waals surface area contributed by atoms with E-state index in [9.17, 15) is 21.6 Å². The van der Waals surface area contributed by atoms with Gasteiger partial charge in [0.25, 0.3) is 0 Å². The molecule has 0 saturated heterocycles. The van der Waals surface area contributed by atoms with Crippen molar-refractivity contribution in [2.24, 2.45) is 0 Å². The van der Waals surface area contributed by atoms with Crippen LogP contribution in [0.1, 0.15) is 30.5 Å². The van der Waals surface area contributed by atoms with Gasteiger partial charge >= 0.3 is 6.36 Å². The molecule has 142 valence electrons. The van der Waals surface area contributed by atoms with Gasteiger partial charge < -0.3 is 4.74 Å². The van der Waals surface area contributed by atoms with E-state index in [1.54, 1.807) is 38.1 Å². The molecule has 0 amide bonds. The van der Waals surface area contributed by atoms with E-state index in [1.807, 2.05) is 12.1 Å². The van der Waals surface area contributed by atoms with E-state index in [4.69, 9.17) is 0 Å². The number of benzene rings is 2. The molecule has 0 fully saturated rings. The standard InChI is InChI=1S/C19H21F3O3S/c1-14(2)26(23,24)13-17-7-5-15(6-8-17)3-4-16-9-11-18(12-10-16)25-19(20,21)22/h5-12,14H,3-4,13H2,1-2H3. The van der Waals surface area contributed by atoms with Gasteiger partial charge in [0.05, 0.1) is 11.0 Å². The molecule has 0 aliphatic carbocycles. The van der Waals surface area contributed by atoms with Crippen LogP contribution in [0.2, 0.25) is 0 Å². The highest BCUT2D eigenvalue weighted by Crippen LogP contribution is 2.23. The molecular formula is C19H21F3O3S. The fourth-order valence-corrected chi connectivity index (χ4v) is 3.34. The van der Waals surface area contributed by atoms with Gasteiger partial charge in [-0.2, -0.15) is 0 Å². The molecule has 0 spiro atoms. The Labute approximate surface area is 151 Å². The molecule has 0 N–H and O–H groups in total. The van der Waals surface area contributed by atoms with Crippen LogP contribution in [0.25, 0.3) is 0 Å². The second-order valence-corrected chi connectivity index (χ2v) is 8.92. The fourth-order valence-electron chi connectivity index (χ4n) is 2.35. The van der Waals surface area contributed by atoms with Gasteiger partial charge in [-0.1, -0.05) is 36.4 Å². The van der Waals surface area contributed by atoms with Gasteiger partial charge in [0.2, 0.25) is 0 Å². The maximum atomic E-state index is 12.1. The summed E-state index contributed by atoms with van der Waals surface area (Å²) < 4.78 is 64.1. The van der Waals surface area contributed by atoms with E-state index >= 15 is 0 Å². The molecule has 7 heteroatoms. The van der Waals surface area contributed by atoms with Crippen molar-refractivity contribution in [3.05, 3.63) is 65.2 Å². The summed E-state index contributed by atoms with van der Waals surface area (Å²) in [6.07, 6.45) is -3.32. The third-order valence-corrected chi connectivity index (χ3v) is 6.14. The quantitative estimate of drug-likeness (QED) is 0.693. The molecule has 0 heterocycles. The lowest BCUT2D eigenvalue weighted by atomic mass is 10.0. The predicted octanol–water partition coefficient (Wildman–Crippen LogP) is 4.69. The zero-order chi connectivity index (χ0) is 19.4. The van der Waals surface area contributed by atoms with Gasteiger partial charge in [0.1, 0.15) is 5.75 Å². The van der Waals surface area contributed by atoms with Crippen LogP contribution in [-0.2, 0) is 28.4 Å². The molecule has 2 aromatic carbocycles. The topological polar surface area (TPSA) is 43.4 Å². The van der Waals surface area contributed by atoms with Crippen LogP contribution in [0.4, 0.5) is 13.2 Å². The SMILES string of the molecule is CC(C)S(=O)(=O)Cc1ccc(CCc2ccc(OC(F)(F)F)cc2)cc1. The molecule has 0 aliphatic heterocycles. The summed E-state index contributed by atoms with van der Waals surface area (Å²) in [6.45, 7) is 3.32.